The smallest absolute Gasteiger partial charge is 0.163 e. The summed E-state index contributed by atoms with van der Waals surface area (Å²) in [6.07, 6.45) is 1.32. The Morgan fingerprint density at radius 3 is 2.79 bits per heavy atom. The Bertz CT molecular complexity index is 1180. The standard InChI is InChI=1S/C23H25BClFN4O3/c1-23(2)11-33-13(9-30(23)3)10-32-21-8-18-14(5-20(21)31-4)22(28-12-27-18)29-19-7-16(25)15(24)6-17(19)26/h5-8,12-13H,9-11H2,1-4H3,(H,27,28,29). The number of benzene rings is 2. The summed E-state index contributed by atoms with van der Waals surface area (Å²) in [4.78, 5) is 10.9. The van der Waals surface area contributed by atoms with Crippen molar-refractivity contribution in [2.45, 2.75) is 25.5 Å². The maximum atomic E-state index is 14.4. The van der Waals surface area contributed by atoms with Gasteiger partial charge < -0.3 is 19.5 Å². The number of fused-ring (bicyclic) bond motifs is 1. The van der Waals surface area contributed by atoms with Crippen molar-refractivity contribution < 1.29 is 18.6 Å². The predicted octanol–water partition coefficient (Wildman–Crippen LogP) is 3.46. The van der Waals surface area contributed by atoms with E-state index in [1.165, 1.54) is 12.4 Å². The van der Waals surface area contributed by atoms with Crippen LogP contribution in [0.15, 0.2) is 30.6 Å². The summed E-state index contributed by atoms with van der Waals surface area (Å²) in [6.45, 7) is 6.04. The summed E-state index contributed by atoms with van der Waals surface area (Å²) in [5, 5.41) is 3.83. The van der Waals surface area contributed by atoms with Crippen molar-refractivity contribution in [3.63, 3.8) is 0 Å². The molecule has 0 bridgehead atoms. The van der Waals surface area contributed by atoms with Crippen LogP contribution in [0.1, 0.15) is 13.8 Å². The minimum absolute atomic E-state index is 0.00830. The maximum Gasteiger partial charge on any atom is 0.163 e. The lowest BCUT2D eigenvalue weighted by Crippen LogP contribution is -2.55. The molecule has 1 atom stereocenters. The predicted molar refractivity (Wildman–Crippen MR) is 128 cm³/mol. The number of hydrogen-bond donors (Lipinski definition) is 1. The number of aromatic nitrogens is 2. The number of rotatable bonds is 6. The average molecular weight is 471 g/mol. The summed E-state index contributed by atoms with van der Waals surface area (Å²) < 4.78 is 31.9. The largest absolute Gasteiger partial charge is 0.493 e. The van der Waals surface area contributed by atoms with Crippen molar-refractivity contribution in [2.24, 2.45) is 0 Å². The van der Waals surface area contributed by atoms with Crippen LogP contribution >= 0.6 is 11.6 Å². The maximum absolute atomic E-state index is 14.4. The molecule has 1 N–H and O–H groups in total. The number of halogens is 2. The molecule has 0 saturated carbocycles. The molecule has 2 radical (unpaired) electrons. The lowest BCUT2D eigenvalue weighted by Gasteiger charge is -2.43. The van der Waals surface area contributed by atoms with Crippen LogP contribution in [0.2, 0.25) is 5.02 Å². The Hall–Kier alpha value is -2.62. The summed E-state index contributed by atoms with van der Waals surface area (Å²) in [5.74, 6) is 0.883. The second-order valence-electron chi connectivity index (χ2n) is 8.66. The van der Waals surface area contributed by atoms with Crippen molar-refractivity contribution >= 4 is 47.3 Å². The summed E-state index contributed by atoms with van der Waals surface area (Å²) >= 11 is 6.05. The second-order valence-corrected chi connectivity index (χ2v) is 9.07. The lowest BCUT2D eigenvalue weighted by molar-refractivity contribution is -0.100. The average Bonchev–Trinajstić information content (AvgIpc) is 2.78. The van der Waals surface area contributed by atoms with Gasteiger partial charge in [-0.1, -0.05) is 17.1 Å². The fourth-order valence-electron chi connectivity index (χ4n) is 3.54. The second kappa shape index (κ2) is 9.33. The zero-order valence-corrected chi connectivity index (χ0v) is 19.7. The third-order valence-corrected chi connectivity index (χ3v) is 6.20. The van der Waals surface area contributed by atoms with Crippen LogP contribution in [0.25, 0.3) is 10.9 Å². The first kappa shape index (κ1) is 23.5. The molecule has 0 spiro atoms. The highest BCUT2D eigenvalue weighted by molar-refractivity contribution is 6.45. The van der Waals surface area contributed by atoms with Crippen LogP contribution in [0.4, 0.5) is 15.9 Å². The highest BCUT2D eigenvalue weighted by Gasteiger charge is 2.32. The Kier molecular flexibility index (Phi) is 6.65. The molecule has 1 aliphatic rings. The van der Waals surface area contributed by atoms with E-state index in [1.54, 1.807) is 19.2 Å². The molecular formula is C23H25BClFN4O3. The number of methoxy groups -OCH3 is 1. The van der Waals surface area contributed by atoms with Gasteiger partial charge in [0.05, 0.1) is 24.9 Å². The molecule has 10 heteroatoms. The van der Waals surface area contributed by atoms with Gasteiger partial charge in [0.2, 0.25) is 0 Å². The molecule has 0 amide bonds. The number of ether oxygens (including phenoxy) is 3. The van der Waals surface area contributed by atoms with Crippen LogP contribution in [-0.4, -0.2) is 68.3 Å². The van der Waals surface area contributed by atoms with Gasteiger partial charge in [-0.25, -0.2) is 14.4 Å². The molecule has 2 heterocycles. The van der Waals surface area contributed by atoms with Crippen molar-refractivity contribution in [3.05, 3.63) is 41.4 Å². The normalized spacial score (nSPS) is 18.3. The highest BCUT2D eigenvalue weighted by atomic mass is 35.5. The van der Waals surface area contributed by atoms with E-state index in [1.807, 2.05) is 0 Å². The zero-order chi connectivity index (χ0) is 23.8. The minimum Gasteiger partial charge on any atom is -0.493 e. The van der Waals surface area contributed by atoms with E-state index >= 15 is 0 Å². The Labute approximate surface area is 198 Å². The molecule has 33 heavy (non-hydrogen) atoms. The van der Waals surface area contributed by atoms with E-state index in [0.717, 1.165) is 12.6 Å². The van der Waals surface area contributed by atoms with Gasteiger partial charge in [0.15, 0.2) is 11.5 Å². The third-order valence-electron chi connectivity index (χ3n) is 5.87. The summed E-state index contributed by atoms with van der Waals surface area (Å²) in [5.41, 5.74) is 0.904. The van der Waals surface area contributed by atoms with Gasteiger partial charge >= 0.3 is 0 Å². The summed E-state index contributed by atoms with van der Waals surface area (Å²) in [7, 11) is 9.30. The molecule has 1 aliphatic heterocycles. The molecule has 4 rings (SSSR count). The van der Waals surface area contributed by atoms with Gasteiger partial charge in [-0.05, 0) is 39.1 Å². The number of nitrogens with one attached hydrogen (secondary N) is 1. The van der Waals surface area contributed by atoms with E-state index in [9.17, 15) is 4.39 Å². The molecule has 1 aromatic heterocycles. The van der Waals surface area contributed by atoms with Gasteiger partial charge in [-0.2, -0.15) is 0 Å². The first-order valence-corrected chi connectivity index (χ1v) is 10.9. The Balaban J connectivity index is 1.58. The van der Waals surface area contributed by atoms with Crippen molar-refractivity contribution in [1.82, 2.24) is 14.9 Å². The van der Waals surface area contributed by atoms with Crippen LogP contribution in [-0.2, 0) is 4.74 Å². The lowest BCUT2D eigenvalue weighted by atomic mass is 9.96. The van der Waals surface area contributed by atoms with E-state index in [4.69, 9.17) is 33.7 Å². The molecular weight excluding hydrogens is 446 g/mol. The van der Waals surface area contributed by atoms with E-state index in [-0.39, 0.29) is 27.8 Å². The van der Waals surface area contributed by atoms with Crippen LogP contribution in [0.3, 0.4) is 0 Å². The number of morpholine rings is 1. The van der Waals surface area contributed by atoms with Gasteiger partial charge in [0, 0.05) is 28.6 Å². The molecule has 2 aromatic carbocycles. The molecule has 7 nitrogen and oxygen atoms in total. The molecule has 1 unspecified atom stereocenters. The highest BCUT2D eigenvalue weighted by Crippen LogP contribution is 2.35. The SMILES string of the molecule is [B]c1cc(F)c(Nc2ncnc3cc(OCC4CN(C)C(C)(C)CO4)c(OC)cc23)cc1Cl. The Morgan fingerprint density at radius 1 is 1.27 bits per heavy atom. The van der Waals surface area contributed by atoms with Crippen LogP contribution in [0.5, 0.6) is 11.5 Å². The van der Waals surface area contributed by atoms with Crippen LogP contribution in [0, 0.1) is 5.82 Å². The molecule has 172 valence electrons. The Morgan fingerprint density at radius 2 is 2.06 bits per heavy atom. The first-order chi connectivity index (χ1) is 15.7. The fraction of sp³-hybridized carbons (Fsp3) is 0.391. The number of hydrogen-bond acceptors (Lipinski definition) is 7. The zero-order valence-electron chi connectivity index (χ0n) is 19.0. The van der Waals surface area contributed by atoms with Gasteiger partial charge in [-0.3, -0.25) is 4.90 Å². The van der Waals surface area contributed by atoms with Gasteiger partial charge in [0.1, 0.15) is 38.5 Å². The third kappa shape index (κ3) is 5.00. The first-order valence-electron chi connectivity index (χ1n) is 10.5. The van der Waals surface area contributed by atoms with E-state index in [2.05, 4.69) is 41.1 Å². The summed E-state index contributed by atoms with van der Waals surface area (Å²) in [6, 6.07) is 6.09. The number of anilines is 2. The molecule has 0 aliphatic carbocycles. The van der Waals surface area contributed by atoms with Crippen molar-refractivity contribution in [3.8, 4) is 11.5 Å². The minimum atomic E-state index is -0.545. The van der Waals surface area contributed by atoms with Gasteiger partial charge in [0.25, 0.3) is 0 Å². The monoisotopic (exact) mass is 470 g/mol. The quantitative estimate of drug-likeness (QED) is 0.553. The molecule has 3 aromatic rings. The van der Waals surface area contributed by atoms with Gasteiger partial charge in [-0.15, -0.1) is 0 Å². The van der Waals surface area contributed by atoms with Crippen molar-refractivity contribution in [2.75, 3.05) is 39.2 Å². The molecule has 1 fully saturated rings. The number of nitrogens with zero attached hydrogens (tertiary/aromatic N) is 3. The van der Waals surface area contributed by atoms with Crippen molar-refractivity contribution in [1.29, 1.82) is 0 Å². The van der Waals surface area contributed by atoms with E-state index in [0.29, 0.717) is 41.4 Å². The topological polar surface area (TPSA) is 68.7 Å². The molecule has 1 saturated heterocycles. The number of likely N-dealkylation sites (N-methyl/N-ethyl adjacent to an activating group) is 1. The fourth-order valence-corrected chi connectivity index (χ4v) is 3.71. The van der Waals surface area contributed by atoms with E-state index < -0.39 is 5.82 Å². The van der Waals surface area contributed by atoms with Crippen LogP contribution < -0.4 is 20.3 Å².